The fourth-order valence-electron chi connectivity index (χ4n) is 1.79. The van der Waals surface area contributed by atoms with Gasteiger partial charge in [0, 0.05) is 33.8 Å². The molecule has 0 aliphatic rings. The maximum absolute atomic E-state index is 10.9. The Kier molecular flexibility index (Phi) is 5.86. The van der Waals surface area contributed by atoms with Gasteiger partial charge < -0.3 is 0 Å². The standard InChI is InChI=1S/C15H14Cl2N2O2SSi/c1-23(2,17)22-15-6-4-3-5-14(15)18-10-11-9-12(19(20)21)7-8-13(11)16/h3-10H,1-2H3. The topological polar surface area (TPSA) is 55.5 Å². The highest BCUT2D eigenvalue weighted by molar-refractivity contribution is 8.33. The summed E-state index contributed by atoms with van der Waals surface area (Å²) in [6.45, 7) is 2.20. The summed E-state index contributed by atoms with van der Waals surface area (Å²) in [6, 6.07) is 11.9. The first kappa shape index (κ1) is 18.0. The maximum atomic E-state index is 10.9. The lowest BCUT2D eigenvalue weighted by atomic mass is 10.2. The van der Waals surface area contributed by atoms with Crippen molar-refractivity contribution in [1.82, 2.24) is 0 Å². The molecule has 0 spiro atoms. The van der Waals surface area contributed by atoms with Crippen LogP contribution in [0, 0.1) is 10.1 Å². The smallest absolute Gasteiger partial charge is 0.258 e. The average molecular weight is 385 g/mol. The Bertz CT molecular complexity index is 763. The van der Waals surface area contributed by atoms with E-state index in [1.165, 1.54) is 24.4 Å². The summed E-state index contributed by atoms with van der Waals surface area (Å²) < 4.78 is 0. The zero-order chi connectivity index (χ0) is 17.0. The molecule has 2 aromatic rings. The van der Waals surface area contributed by atoms with Crippen LogP contribution in [0.4, 0.5) is 11.4 Å². The summed E-state index contributed by atoms with van der Waals surface area (Å²) in [5.74, 6) is 0. The first-order valence-corrected chi connectivity index (χ1v) is 12.6. The molecule has 120 valence electrons. The molecule has 0 N–H and O–H groups in total. The predicted molar refractivity (Wildman–Crippen MR) is 101 cm³/mol. The molecule has 2 aromatic carbocycles. The number of para-hydroxylation sites is 1. The van der Waals surface area contributed by atoms with Gasteiger partial charge in [-0.1, -0.05) is 23.7 Å². The predicted octanol–water partition coefficient (Wildman–Crippen LogP) is 6.03. The van der Waals surface area contributed by atoms with Crippen LogP contribution < -0.4 is 0 Å². The van der Waals surface area contributed by atoms with E-state index in [0.29, 0.717) is 10.6 Å². The van der Waals surface area contributed by atoms with E-state index in [-0.39, 0.29) is 5.69 Å². The van der Waals surface area contributed by atoms with Crippen LogP contribution in [0.3, 0.4) is 0 Å². The fraction of sp³-hybridized carbons (Fsp3) is 0.133. The van der Waals surface area contributed by atoms with Crippen molar-refractivity contribution in [2.45, 2.75) is 18.0 Å². The molecule has 2 rings (SSSR count). The molecule has 0 radical (unpaired) electrons. The van der Waals surface area contributed by atoms with Gasteiger partial charge in [-0.15, -0.1) is 11.2 Å². The third-order valence-electron chi connectivity index (χ3n) is 2.75. The van der Waals surface area contributed by atoms with E-state index in [1.54, 1.807) is 11.2 Å². The minimum absolute atomic E-state index is 0.0205. The monoisotopic (exact) mass is 384 g/mol. The largest absolute Gasteiger partial charge is 0.270 e. The van der Waals surface area contributed by atoms with Crippen molar-refractivity contribution in [2.24, 2.45) is 4.99 Å². The van der Waals surface area contributed by atoms with E-state index in [1.807, 2.05) is 37.4 Å². The molecule has 0 fully saturated rings. The number of rotatable bonds is 5. The van der Waals surface area contributed by atoms with Gasteiger partial charge in [0.2, 0.25) is 6.53 Å². The van der Waals surface area contributed by atoms with Gasteiger partial charge in [-0.05, 0) is 31.3 Å². The van der Waals surface area contributed by atoms with Crippen LogP contribution in [-0.2, 0) is 0 Å². The highest BCUT2D eigenvalue weighted by Gasteiger charge is 2.20. The number of halogens is 2. The first-order valence-electron chi connectivity index (χ1n) is 6.71. The fourth-order valence-corrected chi connectivity index (χ4v) is 5.69. The second-order valence-electron chi connectivity index (χ2n) is 5.15. The number of hydrogen-bond acceptors (Lipinski definition) is 4. The number of benzene rings is 2. The van der Waals surface area contributed by atoms with Crippen LogP contribution in [0.1, 0.15) is 5.56 Å². The number of nitro benzene ring substituents is 1. The molecule has 4 nitrogen and oxygen atoms in total. The lowest BCUT2D eigenvalue weighted by molar-refractivity contribution is -0.384. The first-order chi connectivity index (χ1) is 10.8. The van der Waals surface area contributed by atoms with Gasteiger partial charge >= 0.3 is 0 Å². The van der Waals surface area contributed by atoms with Crippen molar-refractivity contribution in [1.29, 1.82) is 0 Å². The Balaban J connectivity index is 2.34. The Hall–Kier alpha value is -1.34. The summed E-state index contributed by atoms with van der Waals surface area (Å²) >= 11 is 14.1. The van der Waals surface area contributed by atoms with Crippen molar-refractivity contribution in [2.75, 3.05) is 0 Å². The molecule has 0 amide bonds. The number of aliphatic imine (C=N–C) groups is 1. The second-order valence-corrected chi connectivity index (χ2v) is 16.1. The third-order valence-corrected chi connectivity index (χ3v) is 6.96. The Labute approximate surface area is 149 Å². The Morgan fingerprint density at radius 3 is 2.61 bits per heavy atom. The van der Waals surface area contributed by atoms with Gasteiger partial charge in [0.15, 0.2) is 0 Å². The van der Waals surface area contributed by atoms with Crippen molar-refractivity contribution < 1.29 is 4.92 Å². The van der Waals surface area contributed by atoms with E-state index < -0.39 is 11.5 Å². The van der Waals surface area contributed by atoms with Crippen molar-refractivity contribution >= 4 is 58.0 Å². The summed E-state index contributed by atoms with van der Waals surface area (Å²) in [7, 11) is 0. The molecule has 0 unspecified atom stereocenters. The molecule has 0 bridgehead atoms. The van der Waals surface area contributed by atoms with Crippen LogP contribution in [0.15, 0.2) is 52.4 Å². The molecule has 0 saturated carbocycles. The molecule has 0 aliphatic carbocycles. The molecule has 0 saturated heterocycles. The van der Waals surface area contributed by atoms with Crippen molar-refractivity contribution in [3.8, 4) is 0 Å². The second kappa shape index (κ2) is 7.48. The Morgan fingerprint density at radius 1 is 1.26 bits per heavy atom. The molecule has 0 heterocycles. The molecule has 8 heteroatoms. The maximum Gasteiger partial charge on any atom is 0.270 e. The van der Waals surface area contributed by atoms with E-state index >= 15 is 0 Å². The summed E-state index contributed by atoms with van der Waals surface area (Å²) in [5, 5.41) is 11.3. The molecule has 0 aliphatic heterocycles. The van der Waals surface area contributed by atoms with E-state index in [9.17, 15) is 10.1 Å². The van der Waals surface area contributed by atoms with E-state index in [2.05, 4.69) is 4.99 Å². The summed E-state index contributed by atoms with van der Waals surface area (Å²) in [4.78, 5) is 15.8. The highest BCUT2D eigenvalue weighted by Crippen LogP contribution is 2.37. The summed E-state index contributed by atoms with van der Waals surface area (Å²) in [6.07, 6.45) is 1.54. The zero-order valence-electron chi connectivity index (χ0n) is 12.5. The number of non-ortho nitro benzene ring substituents is 1. The minimum atomic E-state index is -1.87. The number of nitro groups is 1. The average Bonchev–Trinajstić information content (AvgIpc) is 2.46. The lowest BCUT2D eigenvalue weighted by Crippen LogP contribution is -2.09. The van der Waals surface area contributed by atoms with Gasteiger partial charge in [0.05, 0.1) is 10.6 Å². The van der Waals surface area contributed by atoms with Crippen LogP contribution in [-0.4, -0.2) is 17.7 Å². The van der Waals surface area contributed by atoms with E-state index in [0.717, 1.165) is 10.6 Å². The van der Waals surface area contributed by atoms with Gasteiger partial charge in [-0.3, -0.25) is 15.1 Å². The van der Waals surface area contributed by atoms with Crippen LogP contribution >= 0.6 is 33.9 Å². The van der Waals surface area contributed by atoms with Crippen molar-refractivity contribution in [3.63, 3.8) is 0 Å². The van der Waals surface area contributed by atoms with Crippen LogP contribution in [0.5, 0.6) is 0 Å². The van der Waals surface area contributed by atoms with Gasteiger partial charge in [0.1, 0.15) is 0 Å². The van der Waals surface area contributed by atoms with E-state index in [4.69, 9.17) is 22.7 Å². The molecule has 23 heavy (non-hydrogen) atoms. The third kappa shape index (κ3) is 5.35. The van der Waals surface area contributed by atoms with Gasteiger partial charge in [-0.25, -0.2) is 0 Å². The minimum Gasteiger partial charge on any atom is -0.258 e. The van der Waals surface area contributed by atoms with Crippen molar-refractivity contribution in [3.05, 3.63) is 63.2 Å². The van der Waals surface area contributed by atoms with Crippen LogP contribution in [0.25, 0.3) is 0 Å². The SMILES string of the molecule is C[Si](C)(Cl)Sc1ccccc1N=Cc1cc([N+](=O)[O-])ccc1Cl. The van der Waals surface area contributed by atoms with Gasteiger partial charge in [-0.2, -0.15) is 11.1 Å². The molecular formula is C15H14Cl2N2O2SSi. The molecule has 0 aromatic heterocycles. The normalized spacial score (nSPS) is 11.8. The molecule has 0 atom stereocenters. The number of hydrogen-bond donors (Lipinski definition) is 0. The summed E-state index contributed by atoms with van der Waals surface area (Å²) in [5.41, 5.74) is 1.25. The lowest BCUT2D eigenvalue weighted by Gasteiger charge is -2.13. The number of nitrogens with zero attached hydrogens (tertiary/aromatic N) is 2. The van der Waals surface area contributed by atoms with Crippen LogP contribution in [0.2, 0.25) is 18.1 Å². The van der Waals surface area contributed by atoms with Gasteiger partial charge in [0.25, 0.3) is 5.69 Å². The highest BCUT2D eigenvalue weighted by atomic mass is 35.6. The molecular weight excluding hydrogens is 371 g/mol. The zero-order valence-corrected chi connectivity index (χ0v) is 15.8. The quantitative estimate of drug-likeness (QED) is 0.208. The Morgan fingerprint density at radius 2 is 1.96 bits per heavy atom.